The molecule has 2 rings (SSSR count). The van der Waals surface area contributed by atoms with Crippen LogP contribution in [-0.2, 0) is 16.6 Å². The normalized spacial score (nSPS) is 11.9. The second kappa shape index (κ2) is 6.84. The maximum Gasteiger partial charge on any atom is 0.303 e. The summed E-state index contributed by atoms with van der Waals surface area (Å²) >= 11 is 0. The number of carbonyl (C=O) groups is 2. The first kappa shape index (κ1) is 15.7. The molecule has 116 valence electrons. The van der Waals surface area contributed by atoms with Crippen molar-refractivity contribution in [3.05, 3.63) is 53.9 Å². The number of carbonyl (C=O) groups excluding carboxylic acids is 1. The number of rotatable bonds is 6. The van der Waals surface area contributed by atoms with Crippen molar-refractivity contribution in [2.24, 2.45) is 7.05 Å². The van der Waals surface area contributed by atoms with Gasteiger partial charge in [-0.15, -0.1) is 0 Å². The average Bonchev–Trinajstić information content (AvgIpc) is 2.90. The third-order valence-electron chi connectivity index (χ3n) is 3.19. The van der Waals surface area contributed by atoms with Gasteiger partial charge in [0.25, 0.3) is 0 Å². The van der Waals surface area contributed by atoms with E-state index in [0.29, 0.717) is 11.4 Å². The second-order valence-electron chi connectivity index (χ2n) is 4.84. The summed E-state index contributed by atoms with van der Waals surface area (Å²) in [6, 6.07) is 5.16. The Kier molecular flexibility index (Phi) is 4.88. The van der Waals surface area contributed by atoms with Gasteiger partial charge in [-0.2, -0.15) is 0 Å². The third kappa shape index (κ3) is 3.91. The fraction of sp³-hybridized carbons (Fsp3) is 0.267. The Hall–Kier alpha value is -2.70. The zero-order chi connectivity index (χ0) is 16.1. The number of halogens is 1. The quantitative estimate of drug-likeness (QED) is 0.849. The molecule has 0 saturated heterocycles. The van der Waals surface area contributed by atoms with Gasteiger partial charge in [-0.1, -0.05) is 12.1 Å². The molecule has 1 unspecified atom stereocenters. The van der Waals surface area contributed by atoms with Gasteiger partial charge in [0.1, 0.15) is 17.7 Å². The number of carboxylic acid groups (broad SMARTS) is 1. The Labute approximate surface area is 126 Å². The Balaban J connectivity index is 2.23. The van der Waals surface area contributed by atoms with Crippen LogP contribution < -0.4 is 5.32 Å². The van der Waals surface area contributed by atoms with E-state index in [9.17, 15) is 14.0 Å². The minimum Gasteiger partial charge on any atom is -0.481 e. The van der Waals surface area contributed by atoms with Crippen LogP contribution in [0.1, 0.15) is 30.3 Å². The van der Waals surface area contributed by atoms with Crippen LogP contribution in [0.4, 0.5) is 4.39 Å². The molecule has 7 heteroatoms. The summed E-state index contributed by atoms with van der Waals surface area (Å²) in [6.07, 6.45) is 2.95. The highest BCUT2D eigenvalue weighted by molar-refractivity contribution is 5.81. The molecule has 0 radical (unpaired) electrons. The van der Waals surface area contributed by atoms with Gasteiger partial charge in [-0.3, -0.25) is 9.59 Å². The van der Waals surface area contributed by atoms with E-state index in [2.05, 4.69) is 10.3 Å². The smallest absolute Gasteiger partial charge is 0.303 e. The molecule has 1 aromatic heterocycles. The SMILES string of the molecule is Cn1ccnc1C(NC(=O)CCC(=O)O)c1ccc(F)cc1. The lowest BCUT2D eigenvalue weighted by atomic mass is 10.1. The molecule has 0 aliphatic carbocycles. The van der Waals surface area contributed by atoms with Crippen molar-refractivity contribution in [2.45, 2.75) is 18.9 Å². The summed E-state index contributed by atoms with van der Waals surface area (Å²) < 4.78 is 14.8. The fourth-order valence-corrected chi connectivity index (χ4v) is 2.06. The van der Waals surface area contributed by atoms with Gasteiger partial charge in [0.2, 0.25) is 5.91 Å². The molecule has 2 aromatic rings. The number of carboxylic acids is 1. The standard InChI is InChI=1S/C15H16FN3O3/c1-19-9-8-17-15(19)14(10-2-4-11(16)5-3-10)18-12(20)6-7-13(21)22/h2-5,8-9,14H,6-7H2,1H3,(H,18,20)(H,21,22). The molecule has 0 fully saturated rings. The van der Waals surface area contributed by atoms with E-state index >= 15 is 0 Å². The molecule has 2 N–H and O–H groups in total. The van der Waals surface area contributed by atoms with Gasteiger partial charge in [0.05, 0.1) is 6.42 Å². The van der Waals surface area contributed by atoms with E-state index < -0.39 is 17.9 Å². The summed E-state index contributed by atoms with van der Waals surface area (Å²) in [5, 5.41) is 11.4. The number of hydrogen-bond acceptors (Lipinski definition) is 3. The van der Waals surface area contributed by atoms with Gasteiger partial charge >= 0.3 is 5.97 Å². The minimum atomic E-state index is -1.04. The lowest BCUT2D eigenvalue weighted by molar-refractivity contribution is -0.138. The fourth-order valence-electron chi connectivity index (χ4n) is 2.06. The molecule has 1 aromatic carbocycles. The Morgan fingerprint density at radius 2 is 2.00 bits per heavy atom. The third-order valence-corrected chi connectivity index (χ3v) is 3.19. The molecule has 22 heavy (non-hydrogen) atoms. The average molecular weight is 305 g/mol. The number of nitrogens with zero attached hydrogens (tertiary/aromatic N) is 2. The van der Waals surface area contributed by atoms with E-state index in [1.54, 1.807) is 36.1 Å². The van der Waals surface area contributed by atoms with Crippen molar-refractivity contribution in [2.75, 3.05) is 0 Å². The first-order valence-electron chi connectivity index (χ1n) is 6.71. The molecular formula is C15H16FN3O3. The molecule has 1 heterocycles. The molecule has 0 aliphatic rings. The highest BCUT2D eigenvalue weighted by Gasteiger charge is 2.21. The van der Waals surface area contributed by atoms with Crippen LogP contribution in [0, 0.1) is 5.82 Å². The Morgan fingerprint density at radius 1 is 1.32 bits per heavy atom. The van der Waals surface area contributed by atoms with Crippen LogP contribution in [0.3, 0.4) is 0 Å². The Bertz CT molecular complexity index is 667. The topological polar surface area (TPSA) is 84.2 Å². The number of amides is 1. The number of imidazole rings is 1. The van der Waals surface area contributed by atoms with E-state index in [-0.39, 0.29) is 18.7 Å². The first-order valence-corrected chi connectivity index (χ1v) is 6.71. The predicted molar refractivity (Wildman–Crippen MR) is 76.5 cm³/mol. The van der Waals surface area contributed by atoms with Gasteiger partial charge in [-0.05, 0) is 17.7 Å². The maximum atomic E-state index is 13.1. The molecule has 1 atom stereocenters. The van der Waals surface area contributed by atoms with E-state index in [4.69, 9.17) is 5.11 Å². The zero-order valence-electron chi connectivity index (χ0n) is 12.0. The van der Waals surface area contributed by atoms with Crippen molar-refractivity contribution < 1.29 is 19.1 Å². The number of aliphatic carboxylic acids is 1. The van der Waals surface area contributed by atoms with Crippen LogP contribution in [0.5, 0.6) is 0 Å². The first-order chi connectivity index (χ1) is 10.5. The van der Waals surface area contributed by atoms with Crippen LogP contribution in [0.15, 0.2) is 36.7 Å². The summed E-state index contributed by atoms with van der Waals surface area (Å²) in [5.41, 5.74) is 0.666. The molecule has 0 spiro atoms. The maximum absolute atomic E-state index is 13.1. The number of benzene rings is 1. The van der Waals surface area contributed by atoms with Crippen molar-refractivity contribution in [3.63, 3.8) is 0 Å². The van der Waals surface area contributed by atoms with Crippen LogP contribution >= 0.6 is 0 Å². The zero-order valence-corrected chi connectivity index (χ0v) is 12.0. The van der Waals surface area contributed by atoms with Crippen molar-refractivity contribution in [3.8, 4) is 0 Å². The van der Waals surface area contributed by atoms with E-state index in [0.717, 1.165) is 0 Å². The number of aromatic nitrogens is 2. The van der Waals surface area contributed by atoms with E-state index in [1.807, 2.05) is 0 Å². The van der Waals surface area contributed by atoms with Gasteiger partial charge in [0.15, 0.2) is 0 Å². The van der Waals surface area contributed by atoms with Gasteiger partial charge < -0.3 is 15.0 Å². The number of hydrogen-bond donors (Lipinski definition) is 2. The molecule has 0 aliphatic heterocycles. The highest BCUT2D eigenvalue weighted by Crippen LogP contribution is 2.21. The number of aryl methyl sites for hydroxylation is 1. The monoisotopic (exact) mass is 305 g/mol. The number of nitrogens with one attached hydrogen (secondary N) is 1. The van der Waals surface area contributed by atoms with Gasteiger partial charge in [-0.25, -0.2) is 9.37 Å². The lowest BCUT2D eigenvalue weighted by Gasteiger charge is -2.19. The minimum absolute atomic E-state index is 0.128. The van der Waals surface area contributed by atoms with Gasteiger partial charge in [0, 0.05) is 25.9 Å². The second-order valence-corrected chi connectivity index (χ2v) is 4.84. The van der Waals surface area contributed by atoms with Crippen LogP contribution in [0.2, 0.25) is 0 Å². The van der Waals surface area contributed by atoms with Crippen molar-refractivity contribution in [1.29, 1.82) is 0 Å². The van der Waals surface area contributed by atoms with Crippen LogP contribution in [0.25, 0.3) is 0 Å². The lowest BCUT2D eigenvalue weighted by Crippen LogP contribution is -2.31. The Morgan fingerprint density at radius 3 is 2.55 bits per heavy atom. The molecule has 0 saturated carbocycles. The van der Waals surface area contributed by atoms with E-state index in [1.165, 1.54) is 12.1 Å². The summed E-state index contributed by atoms with van der Waals surface area (Å²) in [7, 11) is 1.78. The van der Waals surface area contributed by atoms with Crippen molar-refractivity contribution >= 4 is 11.9 Å². The molecule has 0 bridgehead atoms. The molecule has 6 nitrogen and oxygen atoms in total. The van der Waals surface area contributed by atoms with Crippen LogP contribution in [-0.4, -0.2) is 26.5 Å². The molecule has 1 amide bonds. The highest BCUT2D eigenvalue weighted by atomic mass is 19.1. The summed E-state index contributed by atoms with van der Waals surface area (Å²) in [6.45, 7) is 0. The predicted octanol–water partition coefficient (Wildman–Crippen LogP) is 1.63. The molecular weight excluding hydrogens is 289 g/mol. The summed E-state index contributed by atoms with van der Waals surface area (Å²) in [4.78, 5) is 26.7. The van der Waals surface area contributed by atoms with Crippen molar-refractivity contribution in [1.82, 2.24) is 14.9 Å². The summed E-state index contributed by atoms with van der Waals surface area (Å²) in [5.74, 6) is -1.24. The largest absolute Gasteiger partial charge is 0.481 e.